The predicted octanol–water partition coefficient (Wildman–Crippen LogP) is 12.3. The fourth-order valence-corrected chi connectivity index (χ4v) is 15.0. The first kappa shape index (κ1) is 73.8. The van der Waals surface area contributed by atoms with Crippen molar-refractivity contribution in [3.05, 3.63) is 137 Å². The molecule has 1 saturated heterocycles. The maximum atomic E-state index is 14.7. The third-order valence-electron chi connectivity index (χ3n) is 18.5. The molecule has 102 heavy (non-hydrogen) atoms. The Hall–Kier alpha value is -9.46. The van der Waals surface area contributed by atoms with E-state index in [4.69, 9.17) is 43.7 Å². The number of H-pyrrole nitrogens is 1. The summed E-state index contributed by atoms with van der Waals surface area (Å²) >= 11 is 11.3. The van der Waals surface area contributed by atoms with Gasteiger partial charge in [0.25, 0.3) is 10.0 Å². The molecule has 1 aliphatic heterocycles. The van der Waals surface area contributed by atoms with Crippen molar-refractivity contribution < 1.29 is 54.8 Å². The average Bonchev–Trinajstić information content (AvgIpc) is 1.59. The molecule has 4 saturated carbocycles. The van der Waals surface area contributed by atoms with Crippen LogP contribution in [-0.2, 0) is 14.8 Å². The highest BCUT2D eigenvalue weighted by Gasteiger charge is 2.48. The lowest BCUT2D eigenvalue weighted by atomic mass is 9.80. The van der Waals surface area contributed by atoms with Crippen LogP contribution in [0.3, 0.4) is 0 Å². The molecule has 534 valence electrons. The number of epoxide rings is 1. The molecule has 4 unspecified atom stereocenters. The lowest BCUT2D eigenvalue weighted by Gasteiger charge is -2.35. The Kier molecular flexibility index (Phi) is 22.7. The van der Waals surface area contributed by atoms with E-state index in [1.807, 2.05) is 25.1 Å². The van der Waals surface area contributed by atoms with Gasteiger partial charge in [0.2, 0.25) is 10.6 Å². The summed E-state index contributed by atoms with van der Waals surface area (Å²) < 4.78 is 117. The van der Waals surface area contributed by atoms with Crippen molar-refractivity contribution in [1.29, 1.82) is 15.8 Å². The van der Waals surface area contributed by atoms with Crippen LogP contribution < -0.4 is 21.3 Å². The molecule has 0 bridgehead atoms. The summed E-state index contributed by atoms with van der Waals surface area (Å²) in [7, 11) is -4.11. The van der Waals surface area contributed by atoms with E-state index in [-0.39, 0.29) is 122 Å². The zero-order valence-electron chi connectivity index (χ0n) is 54.8. The van der Waals surface area contributed by atoms with Gasteiger partial charge in [0.15, 0.2) is 63.8 Å². The molecule has 5 aliphatic rings. The predicted molar refractivity (Wildman–Crippen MR) is 363 cm³/mol. The molecule has 25 nitrogen and oxygen atoms in total. The van der Waals surface area contributed by atoms with Crippen LogP contribution in [0.5, 0.6) is 0 Å². The number of nitrogens with zero attached hydrogens (tertiary/aromatic N) is 14. The molecule has 34 heteroatoms. The van der Waals surface area contributed by atoms with Crippen LogP contribution in [-0.4, -0.2) is 136 Å². The largest absolute Gasteiger partial charge is 0.389 e. The second-order valence-electron chi connectivity index (χ2n) is 26.3. The van der Waals surface area contributed by atoms with E-state index in [2.05, 4.69) is 76.1 Å². The van der Waals surface area contributed by atoms with Crippen molar-refractivity contribution in [3.8, 4) is 41.0 Å². The second kappa shape index (κ2) is 31.4. The van der Waals surface area contributed by atoms with E-state index in [0.29, 0.717) is 61.5 Å². The number of aromatic nitrogens is 12. The van der Waals surface area contributed by atoms with E-state index in [0.717, 1.165) is 111 Å². The minimum atomic E-state index is -4.11. The summed E-state index contributed by atoms with van der Waals surface area (Å²) in [6, 6.07) is 14.2. The number of hydrogen-bond donors (Lipinski definition) is 8. The zero-order chi connectivity index (χ0) is 72.6. The van der Waals surface area contributed by atoms with Crippen molar-refractivity contribution >= 4 is 78.6 Å². The number of aliphatic hydroxyl groups is 3. The Morgan fingerprint density at radius 3 is 1.44 bits per heavy atom. The quantitative estimate of drug-likeness (QED) is 0.0268. The third-order valence-corrected chi connectivity index (χ3v) is 20.5. The maximum absolute atomic E-state index is 14.7. The van der Waals surface area contributed by atoms with Gasteiger partial charge in [0.05, 0.1) is 109 Å². The molecule has 0 amide bonds. The SMILES string of the molecule is Cc1ccc(S(=O)(=O)n2cc(-c3ncc(F)c(NC4CCC[C@@](O)(CC#N)C4)n3)c3cc(F)cnc32)cc1.Fc1cnc(Cl)nc1NC1CCC[C@@]2(CO2)C1.N#CC[C@]1(O)CCCC(Nc2nc(-c3c[nH]c4ncc(F)cc34)ncc2F)C1.N#CC[C@]1(O)CCCC(Nc2nc(Cl)ncc2F)C1. The molecular formula is C68H69Cl2F6N19O6S. The Morgan fingerprint density at radius 2 is 0.980 bits per heavy atom. The number of nitrogens with one attached hydrogen (secondary N) is 5. The van der Waals surface area contributed by atoms with Crippen LogP contribution in [0.2, 0.25) is 10.6 Å². The lowest BCUT2D eigenvalue weighted by molar-refractivity contribution is 0.00393. The molecule has 0 radical (unpaired) electrons. The monoisotopic (exact) mass is 1460 g/mol. The van der Waals surface area contributed by atoms with E-state index < -0.39 is 61.7 Å². The Bertz CT molecular complexity index is 4780. The van der Waals surface area contributed by atoms with Gasteiger partial charge in [-0.05, 0) is 157 Å². The summed E-state index contributed by atoms with van der Waals surface area (Å²) in [6.07, 6.45) is 20.0. The van der Waals surface area contributed by atoms with Crippen LogP contribution >= 0.6 is 23.2 Å². The number of nitriles is 3. The molecule has 9 aromatic rings. The summed E-state index contributed by atoms with van der Waals surface area (Å²) in [5.41, 5.74) is -1.20. The molecule has 1 aromatic carbocycles. The topological polar surface area (TPSA) is 376 Å². The molecule has 14 rings (SSSR count). The molecule has 8 N–H and O–H groups in total. The number of halogens is 8. The van der Waals surface area contributed by atoms with Gasteiger partial charge in [0.1, 0.15) is 17.3 Å². The number of aryl methyl sites for hydroxylation is 1. The molecular weight excluding hydrogens is 1400 g/mol. The van der Waals surface area contributed by atoms with Crippen molar-refractivity contribution in [2.45, 2.75) is 180 Å². The molecule has 1 spiro atoms. The minimum Gasteiger partial charge on any atom is -0.389 e. The number of rotatable bonds is 15. The van der Waals surface area contributed by atoms with Crippen LogP contribution in [0.25, 0.3) is 44.8 Å². The van der Waals surface area contributed by atoms with E-state index in [1.54, 1.807) is 18.3 Å². The fraction of sp³-hybridized carbons (Fsp3) is 0.426. The standard InChI is InChI=1S/C26H24F2N6O3S.C19H18F2N6O.C12H14ClFN4O.C11H13ClFN3O/c1-16-4-6-19(7-5-16)38(36,37)34-15-21(20-11-17(27)13-31-25(20)34)23-30-14-22(28)24(33-23)32-18-3-2-8-26(35,12-18)9-10-29;20-11-6-13-14(9-24-16(13)23-8-11)17-25-10-15(21)18(27-17)26-12-2-1-3-19(28,7-12)4-5-22;13-11-16-7-9(14)10(18-11)17-8-2-1-3-12(19,6-8)4-5-15;12-10-14-5-8(13)9(16-10)15-7-2-1-3-11(4-7)6-17-11/h4-7,11,13-15,18,35H,2-3,8-9,12H2,1H3,(H,30,32,33);6,8-10,12,28H,1-4,7H2,(H,23,24)(H,25,26,27);7-8,19H,1-4,6H2,(H,16,17,18);5,7H,1-4,6H2,(H,14,15,16)/t18?,26-;12?,19-;8?,12-;7?,11-/m1110/s1. The Labute approximate surface area is 591 Å². The average molecular weight is 1470 g/mol. The molecule has 4 aliphatic carbocycles. The Balaban J connectivity index is 0.000000144. The van der Waals surface area contributed by atoms with E-state index in [9.17, 15) is 50.1 Å². The number of fused-ring (bicyclic) bond motifs is 2. The summed E-state index contributed by atoms with van der Waals surface area (Å²) in [5.74, 6) is -3.33. The first-order valence-electron chi connectivity index (χ1n) is 32.8. The highest BCUT2D eigenvalue weighted by atomic mass is 35.5. The van der Waals surface area contributed by atoms with Gasteiger partial charge in [-0.2, -0.15) is 25.8 Å². The van der Waals surface area contributed by atoms with Gasteiger partial charge in [-0.1, -0.05) is 17.7 Å². The maximum Gasteiger partial charge on any atom is 0.269 e. The van der Waals surface area contributed by atoms with Crippen LogP contribution in [0.1, 0.15) is 128 Å². The molecule has 8 aromatic heterocycles. The highest BCUT2D eigenvalue weighted by Crippen LogP contribution is 2.43. The Morgan fingerprint density at radius 1 is 0.569 bits per heavy atom. The van der Waals surface area contributed by atoms with Crippen LogP contribution in [0.4, 0.5) is 49.6 Å². The van der Waals surface area contributed by atoms with Gasteiger partial charge in [-0.15, -0.1) is 0 Å². The fourth-order valence-electron chi connectivity index (χ4n) is 13.4. The van der Waals surface area contributed by atoms with Gasteiger partial charge in [-0.3, -0.25) is 0 Å². The number of pyridine rings is 2. The summed E-state index contributed by atoms with van der Waals surface area (Å²) in [4.78, 5) is 42.3. The lowest BCUT2D eigenvalue weighted by Crippen LogP contribution is -2.40. The van der Waals surface area contributed by atoms with Gasteiger partial charge >= 0.3 is 0 Å². The van der Waals surface area contributed by atoms with Crippen molar-refractivity contribution in [1.82, 2.24) is 58.8 Å². The first-order chi connectivity index (χ1) is 48.8. The third kappa shape index (κ3) is 18.0. The molecule has 5 fully saturated rings. The minimum absolute atomic E-state index is 0.00919. The summed E-state index contributed by atoms with van der Waals surface area (Å²) in [6.45, 7) is 2.66. The smallest absolute Gasteiger partial charge is 0.269 e. The van der Waals surface area contributed by atoms with Crippen LogP contribution in [0, 0.1) is 75.8 Å². The van der Waals surface area contributed by atoms with E-state index >= 15 is 0 Å². The van der Waals surface area contributed by atoms with Crippen molar-refractivity contribution in [2.75, 3.05) is 27.9 Å². The first-order valence-corrected chi connectivity index (χ1v) is 35.0. The number of ether oxygens (including phenoxy) is 1. The van der Waals surface area contributed by atoms with Gasteiger partial charge in [-0.25, -0.2) is 78.6 Å². The number of benzene rings is 1. The molecule has 9 heterocycles. The molecule has 8 atom stereocenters. The number of aromatic amines is 1. The zero-order valence-corrected chi connectivity index (χ0v) is 57.1. The second-order valence-corrected chi connectivity index (χ2v) is 28.8. The van der Waals surface area contributed by atoms with E-state index in [1.165, 1.54) is 24.4 Å². The van der Waals surface area contributed by atoms with Crippen LogP contribution in [0.15, 0.2) is 90.9 Å². The number of anilines is 4. The summed E-state index contributed by atoms with van der Waals surface area (Å²) in [5, 5.41) is 70.7. The van der Waals surface area contributed by atoms with Crippen molar-refractivity contribution in [2.24, 2.45) is 0 Å². The van der Waals surface area contributed by atoms with Gasteiger partial charge < -0.3 is 46.3 Å². The van der Waals surface area contributed by atoms with Gasteiger partial charge in [0, 0.05) is 58.5 Å². The van der Waals surface area contributed by atoms with Crippen molar-refractivity contribution in [3.63, 3.8) is 0 Å². The highest BCUT2D eigenvalue weighted by molar-refractivity contribution is 7.90. The number of hydrogen-bond acceptors (Lipinski definition) is 23. The normalized spacial score (nSPS) is 23.7.